The molecule has 1 aliphatic rings. The minimum absolute atomic E-state index is 0.0205. The Hall–Kier alpha value is -3.61. The third-order valence-corrected chi connectivity index (χ3v) is 5.89. The molecule has 7 nitrogen and oxygen atoms in total. The van der Waals surface area contributed by atoms with E-state index in [0.29, 0.717) is 6.42 Å². The molecule has 0 radical (unpaired) electrons. The molecule has 166 valence electrons. The molecule has 0 saturated carbocycles. The van der Waals surface area contributed by atoms with E-state index < -0.39 is 12.1 Å². The molecular formula is C25H28N4O3. The van der Waals surface area contributed by atoms with Gasteiger partial charge in [-0.15, -0.1) is 0 Å². The van der Waals surface area contributed by atoms with Gasteiger partial charge in [-0.3, -0.25) is 14.5 Å². The Morgan fingerprint density at radius 2 is 1.81 bits per heavy atom. The van der Waals surface area contributed by atoms with Crippen molar-refractivity contribution in [1.82, 2.24) is 20.5 Å². The highest BCUT2D eigenvalue weighted by atomic mass is 16.2. The second-order valence-electron chi connectivity index (χ2n) is 8.30. The number of nitrogens with zero attached hydrogens (tertiary/aromatic N) is 1. The van der Waals surface area contributed by atoms with Gasteiger partial charge in [-0.2, -0.15) is 0 Å². The standard InChI is InChI=1S/C25H28N4O3/c1-17(11-12-18-7-3-2-4-8-18)27-23(30)15-22-24(31)29(25(32)28-22)14-13-19-16-26-21-10-6-5-9-20(19)21/h2-10,16-17,22,26H,11-15H2,1H3,(H,27,30)(H,28,32). The van der Waals surface area contributed by atoms with Crippen LogP contribution in [0, 0.1) is 0 Å². The van der Waals surface area contributed by atoms with Crippen LogP contribution < -0.4 is 10.6 Å². The van der Waals surface area contributed by atoms with Crippen molar-refractivity contribution in [3.8, 4) is 0 Å². The first-order valence-electron chi connectivity index (χ1n) is 11.0. The van der Waals surface area contributed by atoms with Gasteiger partial charge in [0.05, 0.1) is 6.42 Å². The fourth-order valence-corrected chi connectivity index (χ4v) is 4.12. The van der Waals surface area contributed by atoms with Crippen LogP contribution in [0.1, 0.15) is 30.9 Å². The van der Waals surface area contributed by atoms with Gasteiger partial charge in [0.25, 0.3) is 5.91 Å². The number of aromatic nitrogens is 1. The molecule has 2 atom stereocenters. The zero-order valence-corrected chi connectivity index (χ0v) is 18.1. The van der Waals surface area contributed by atoms with E-state index >= 15 is 0 Å². The number of carbonyl (C=O) groups excluding carboxylic acids is 3. The molecule has 1 aromatic heterocycles. The zero-order valence-electron chi connectivity index (χ0n) is 18.1. The van der Waals surface area contributed by atoms with E-state index in [1.165, 1.54) is 10.5 Å². The van der Waals surface area contributed by atoms with E-state index in [1.807, 2.05) is 55.6 Å². The highest BCUT2D eigenvalue weighted by Gasteiger charge is 2.38. The van der Waals surface area contributed by atoms with Gasteiger partial charge in [0, 0.05) is 29.7 Å². The number of hydrogen-bond donors (Lipinski definition) is 3. The molecule has 2 unspecified atom stereocenters. The molecule has 1 fully saturated rings. The number of aryl methyl sites for hydroxylation is 1. The second-order valence-corrected chi connectivity index (χ2v) is 8.30. The first kappa shape index (κ1) is 21.6. The van der Waals surface area contributed by atoms with Crippen molar-refractivity contribution in [3.63, 3.8) is 0 Å². The maximum absolute atomic E-state index is 12.7. The number of nitrogens with one attached hydrogen (secondary N) is 3. The molecular weight excluding hydrogens is 404 g/mol. The van der Waals surface area contributed by atoms with Crippen molar-refractivity contribution < 1.29 is 14.4 Å². The Balaban J connectivity index is 1.26. The largest absolute Gasteiger partial charge is 0.361 e. The molecule has 4 rings (SSSR count). The van der Waals surface area contributed by atoms with Gasteiger partial charge in [-0.05, 0) is 43.4 Å². The van der Waals surface area contributed by atoms with Gasteiger partial charge < -0.3 is 15.6 Å². The number of hydrogen-bond acceptors (Lipinski definition) is 3. The molecule has 4 amide bonds. The third kappa shape index (κ3) is 4.99. The summed E-state index contributed by atoms with van der Waals surface area (Å²) in [6, 6.07) is 16.7. The van der Waals surface area contributed by atoms with Crippen molar-refractivity contribution in [3.05, 3.63) is 71.9 Å². The van der Waals surface area contributed by atoms with Crippen LogP contribution in [0.25, 0.3) is 10.9 Å². The van der Waals surface area contributed by atoms with E-state index in [1.54, 1.807) is 0 Å². The minimum atomic E-state index is -0.813. The van der Waals surface area contributed by atoms with Crippen molar-refractivity contribution in [2.75, 3.05) is 6.54 Å². The summed E-state index contributed by atoms with van der Waals surface area (Å²) in [5.74, 6) is -0.579. The number of fused-ring (bicyclic) bond motifs is 1. The summed E-state index contributed by atoms with van der Waals surface area (Å²) in [5.41, 5.74) is 3.29. The molecule has 32 heavy (non-hydrogen) atoms. The average Bonchev–Trinajstić information content (AvgIpc) is 3.32. The first-order chi connectivity index (χ1) is 15.5. The number of para-hydroxylation sites is 1. The van der Waals surface area contributed by atoms with Crippen LogP contribution >= 0.6 is 0 Å². The smallest absolute Gasteiger partial charge is 0.324 e. The summed E-state index contributed by atoms with van der Waals surface area (Å²) in [5, 5.41) is 6.67. The van der Waals surface area contributed by atoms with Crippen LogP contribution in [-0.2, 0) is 22.4 Å². The van der Waals surface area contributed by atoms with Crippen LogP contribution in [0.2, 0.25) is 0 Å². The minimum Gasteiger partial charge on any atom is -0.361 e. The van der Waals surface area contributed by atoms with E-state index in [9.17, 15) is 14.4 Å². The van der Waals surface area contributed by atoms with E-state index in [4.69, 9.17) is 0 Å². The normalized spacial score (nSPS) is 16.9. The van der Waals surface area contributed by atoms with E-state index in [-0.39, 0.29) is 30.8 Å². The molecule has 0 spiro atoms. The van der Waals surface area contributed by atoms with Gasteiger partial charge in [-0.1, -0.05) is 48.5 Å². The lowest BCUT2D eigenvalue weighted by Gasteiger charge is -2.16. The summed E-state index contributed by atoms with van der Waals surface area (Å²) in [7, 11) is 0. The maximum atomic E-state index is 12.7. The fraction of sp³-hybridized carbons (Fsp3) is 0.320. The SMILES string of the molecule is CC(CCc1ccccc1)NC(=O)CC1NC(=O)N(CCc2c[nH]c3ccccc23)C1=O. The van der Waals surface area contributed by atoms with Crippen molar-refractivity contribution in [2.45, 2.75) is 44.7 Å². The molecule has 0 aliphatic carbocycles. The Morgan fingerprint density at radius 3 is 2.62 bits per heavy atom. The Morgan fingerprint density at radius 1 is 1.06 bits per heavy atom. The highest BCUT2D eigenvalue weighted by Crippen LogP contribution is 2.19. The van der Waals surface area contributed by atoms with Gasteiger partial charge in [0.1, 0.15) is 6.04 Å². The quantitative estimate of drug-likeness (QED) is 0.454. The van der Waals surface area contributed by atoms with Gasteiger partial charge in [0.2, 0.25) is 5.91 Å². The average molecular weight is 433 g/mol. The Kier molecular flexibility index (Phi) is 6.54. The number of amides is 4. The summed E-state index contributed by atoms with van der Waals surface area (Å²) in [6.07, 6.45) is 4.08. The highest BCUT2D eigenvalue weighted by molar-refractivity contribution is 6.05. The summed E-state index contributed by atoms with van der Waals surface area (Å²) < 4.78 is 0. The molecule has 2 aromatic carbocycles. The number of urea groups is 1. The fourth-order valence-electron chi connectivity index (χ4n) is 4.12. The maximum Gasteiger partial charge on any atom is 0.324 e. The summed E-state index contributed by atoms with van der Waals surface area (Å²) in [6.45, 7) is 2.22. The summed E-state index contributed by atoms with van der Waals surface area (Å²) >= 11 is 0. The lowest BCUT2D eigenvalue weighted by Crippen LogP contribution is -2.40. The molecule has 2 heterocycles. The Bertz CT molecular complexity index is 1110. The van der Waals surface area contributed by atoms with E-state index in [2.05, 4.69) is 27.8 Å². The lowest BCUT2D eigenvalue weighted by atomic mass is 10.1. The van der Waals surface area contributed by atoms with Gasteiger partial charge in [0.15, 0.2) is 0 Å². The molecule has 3 N–H and O–H groups in total. The monoisotopic (exact) mass is 432 g/mol. The van der Waals surface area contributed by atoms with Crippen molar-refractivity contribution >= 4 is 28.7 Å². The lowest BCUT2D eigenvalue weighted by molar-refractivity contribution is -0.131. The van der Waals surface area contributed by atoms with E-state index in [0.717, 1.165) is 29.3 Å². The first-order valence-corrected chi connectivity index (χ1v) is 11.0. The molecule has 7 heteroatoms. The van der Waals surface area contributed by atoms with Gasteiger partial charge in [-0.25, -0.2) is 4.79 Å². The number of carbonyl (C=O) groups is 3. The molecule has 0 bridgehead atoms. The van der Waals surface area contributed by atoms with Crippen LogP contribution in [0.15, 0.2) is 60.8 Å². The Labute approximate surface area is 187 Å². The van der Waals surface area contributed by atoms with Crippen molar-refractivity contribution in [2.24, 2.45) is 0 Å². The number of imide groups is 1. The van der Waals surface area contributed by atoms with Crippen LogP contribution in [0.3, 0.4) is 0 Å². The number of benzene rings is 2. The molecule has 1 saturated heterocycles. The van der Waals surface area contributed by atoms with Crippen LogP contribution in [-0.4, -0.2) is 46.4 Å². The predicted octanol–water partition coefficient (Wildman–Crippen LogP) is 3.16. The molecule has 1 aliphatic heterocycles. The number of aromatic amines is 1. The molecule has 3 aromatic rings. The number of rotatable bonds is 9. The topological polar surface area (TPSA) is 94.3 Å². The second kappa shape index (κ2) is 9.68. The zero-order chi connectivity index (χ0) is 22.5. The summed E-state index contributed by atoms with van der Waals surface area (Å²) in [4.78, 5) is 41.9. The van der Waals surface area contributed by atoms with Gasteiger partial charge >= 0.3 is 6.03 Å². The predicted molar refractivity (Wildman–Crippen MR) is 123 cm³/mol. The third-order valence-electron chi connectivity index (χ3n) is 5.89. The van der Waals surface area contributed by atoms with Crippen molar-refractivity contribution in [1.29, 1.82) is 0 Å². The van der Waals surface area contributed by atoms with Crippen LogP contribution in [0.4, 0.5) is 4.79 Å². The number of H-pyrrole nitrogens is 1. The van der Waals surface area contributed by atoms with Crippen LogP contribution in [0.5, 0.6) is 0 Å².